The first-order valence-electron chi connectivity index (χ1n) is 5.75. The maximum atomic E-state index is 4.28. The van der Waals surface area contributed by atoms with Crippen molar-refractivity contribution in [3.05, 3.63) is 24.3 Å². The summed E-state index contributed by atoms with van der Waals surface area (Å²) in [6.45, 7) is 6.97. The van der Waals surface area contributed by atoms with E-state index < -0.39 is 0 Å². The van der Waals surface area contributed by atoms with Crippen LogP contribution in [-0.2, 0) is 6.42 Å². The predicted molar refractivity (Wildman–Crippen MR) is 60.6 cm³/mol. The quantitative estimate of drug-likeness (QED) is 0.752. The minimum absolute atomic E-state index is 0.673. The van der Waals surface area contributed by atoms with E-state index in [4.69, 9.17) is 0 Å². The highest BCUT2D eigenvalue weighted by molar-refractivity contribution is 4.92. The molecule has 0 radical (unpaired) electrons. The maximum Gasteiger partial charge on any atom is 0.128 e. The zero-order valence-electron chi connectivity index (χ0n) is 9.56. The lowest BCUT2D eigenvalue weighted by Gasteiger charge is -2.19. The summed E-state index contributed by atoms with van der Waals surface area (Å²) in [5.41, 5.74) is 0. The highest BCUT2D eigenvalue weighted by Crippen LogP contribution is 2.20. The molecule has 1 atom stereocenters. The van der Waals surface area contributed by atoms with Crippen LogP contribution in [0.2, 0.25) is 0 Å². The molecule has 1 aromatic rings. The Morgan fingerprint density at radius 2 is 2.13 bits per heavy atom. The Morgan fingerprint density at radius 1 is 1.40 bits per heavy atom. The van der Waals surface area contributed by atoms with Crippen molar-refractivity contribution in [1.29, 1.82) is 0 Å². The summed E-state index contributed by atoms with van der Waals surface area (Å²) >= 11 is 0. The van der Waals surface area contributed by atoms with Gasteiger partial charge in [-0.2, -0.15) is 0 Å². The van der Waals surface area contributed by atoms with E-state index in [1.165, 1.54) is 19.5 Å². The van der Waals surface area contributed by atoms with Crippen LogP contribution >= 0.6 is 0 Å². The lowest BCUT2D eigenvalue weighted by atomic mass is 10.0. The first-order chi connectivity index (χ1) is 7.25. The van der Waals surface area contributed by atoms with E-state index in [2.05, 4.69) is 28.7 Å². The number of aromatic nitrogens is 2. The first kappa shape index (κ1) is 10.6. The fraction of sp³-hybridized carbons (Fsp3) is 0.667. The summed E-state index contributed by atoms with van der Waals surface area (Å²) in [7, 11) is 0. The van der Waals surface area contributed by atoms with Gasteiger partial charge in [0.25, 0.3) is 0 Å². The molecule has 82 valence electrons. The van der Waals surface area contributed by atoms with Gasteiger partial charge in [0.05, 0.1) is 0 Å². The number of hydrogen-bond donors (Lipinski definition) is 0. The van der Waals surface area contributed by atoms with Crippen LogP contribution in [0.5, 0.6) is 0 Å². The molecule has 0 aliphatic carbocycles. The van der Waals surface area contributed by atoms with Crippen LogP contribution in [0.3, 0.4) is 0 Å². The van der Waals surface area contributed by atoms with Gasteiger partial charge in [0.15, 0.2) is 0 Å². The Labute approximate surface area is 91.5 Å². The Hall–Kier alpha value is -0.960. The molecule has 0 amide bonds. The topological polar surface area (TPSA) is 29.0 Å². The first-order valence-corrected chi connectivity index (χ1v) is 5.75. The fourth-order valence-corrected chi connectivity index (χ4v) is 2.19. The molecule has 2 heterocycles. The molecule has 3 nitrogen and oxygen atoms in total. The third kappa shape index (κ3) is 2.75. The van der Waals surface area contributed by atoms with E-state index in [9.17, 15) is 0 Å². The van der Waals surface area contributed by atoms with Gasteiger partial charge >= 0.3 is 0 Å². The average molecular weight is 205 g/mol. The normalized spacial score (nSPS) is 22.5. The van der Waals surface area contributed by atoms with Crippen LogP contribution in [0.4, 0.5) is 0 Å². The molecule has 0 N–H and O–H groups in total. The summed E-state index contributed by atoms with van der Waals surface area (Å²) in [5.74, 6) is 1.74. The average Bonchev–Trinajstić information content (AvgIpc) is 2.68. The van der Waals surface area contributed by atoms with Gasteiger partial charge in [-0.05, 0) is 38.8 Å². The molecule has 1 unspecified atom stereocenters. The van der Waals surface area contributed by atoms with Gasteiger partial charge in [0.1, 0.15) is 5.82 Å². The summed E-state index contributed by atoms with van der Waals surface area (Å²) in [6, 6.07) is 2.55. The molecule has 0 spiro atoms. The van der Waals surface area contributed by atoms with Gasteiger partial charge < -0.3 is 4.90 Å². The second-order valence-electron chi connectivity index (χ2n) is 4.61. The van der Waals surface area contributed by atoms with Crippen LogP contribution < -0.4 is 0 Å². The van der Waals surface area contributed by atoms with Crippen LogP contribution in [0.15, 0.2) is 18.5 Å². The van der Waals surface area contributed by atoms with Crippen LogP contribution in [0.25, 0.3) is 0 Å². The molecule has 0 aromatic carbocycles. The Balaban J connectivity index is 1.88. The number of hydrogen-bond acceptors (Lipinski definition) is 3. The Kier molecular flexibility index (Phi) is 3.31. The van der Waals surface area contributed by atoms with Crippen molar-refractivity contribution in [2.75, 3.05) is 13.1 Å². The van der Waals surface area contributed by atoms with Gasteiger partial charge in [-0.3, -0.25) is 0 Å². The van der Waals surface area contributed by atoms with Crippen molar-refractivity contribution in [3.8, 4) is 0 Å². The van der Waals surface area contributed by atoms with Crippen molar-refractivity contribution in [3.63, 3.8) is 0 Å². The van der Waals surface area contributed by atoms with E-state index in [0.717, 1.165) is 18.2 Å². The summed E-state index contributed by atoms with van der Waals surface area (Å²) in [4.78, 5) is 11.1. The van der Waals surface area contributed by atoms with E-state index in [1.807, 2.05) is 18.5 Å². The molecule has 1 fully saturated rings. The van der Waals surface area contributed by atoms with Gasteiger partial charge in [0, 0.05) is 31.4 Å². The third-order valence-corrected chi connectivity index (χ3v) is 3.14. The number of nitrogens with zero attached hydrogens (tertiary/aromatic N) is 3. The van der Waals surface area contributed by atoms with Crippen molar-refractivity contribution in [2.45, 2.75) is 32.7 Å². The largest absolute Gasteiger partial charge is 0.301 e. The predicted octanol–water partition coefficient (Wildman–Crippen LogP) is 1.75. The van der Waals surface area contributed by atoms with E-state index in [0.29, 0.717) is 6.04 Å². The molecule has 1 aliphatic rings. The summed E-state index contributed by atoms with van der Waals surface area (Å²) in [5, 5.41) is 0. The highest BCUT2D eigenvalue weighted by Gasteiger charge is 2.24. The lowest BCUT2D eigenvalue weighted by Crippen LogP contribution is -2.28. The molecule has 2 rings (SSSR count). The summed E-state index contributed by atoms with van der Waals surface area (Å²) < 4.78 is 0. The molecule has 0 saturated carbocycles. The SMILES string of the molecule is CC(C)N1CCC(Cc2ncccn2)C1. The second-order valence-corrected chi connectivity index (χ2v) is 4.61. The third-order valence-electron chi connectivity index (χ3n) is 3.14. The van der Waals surface area contributed by atoms with Gasteiger partial charge in [-0.25, -0.2) is 9.97 Å². The second kappa shape index (κ2) is 4.71. The fourth-order valence-electron chi connectivity index (χ4n) is 2.19. The van der Waals surface area contributed by atoms with E-state index in [-0.39, 0.29) is 0 Å². The molecular formula is C12H19N3. The summed E-state index contributed by atoms with van der Waals surface area (Å²) in [6.07, 6.45) is 5.98. The molecule has 1 saturated heterocycles. The van der Waals surface area contributed by atoms with Crippen LogP contribution in [0.1, 0.15) is 26.1 Å². The van der Waals surface area contributed by atoms with Gasteiger partial charge in [-0.1, -0.05) is 0 Å². The van der Waals surface area contributed by atoms with Crippen molar-refractivity contribution in [1.82, 2.24) is 14.9 Å². The highest BCUT2D eigenvalue weighted by atomic mass is 15.2. The molecule has 1 aromatic heterocycles. The number of likely N-dealkylation sites (tertiary alicyclic amines) is 1. The van der Waals surface area contributed by atoms with Crippen molar-refractivity contribution in [2.24, 2.45) is 5.92 Å². The zero-order chi connectivity index (χ0) is 10.7. The Morgan fingerprint density at radius 3 is 2.73 bits per heavy atom. The minimum Gasteiger partial charge on any atom is -0.301 e. The maximum absolute atomic E-state index is 4.28. The monoisotopic (exact) mass is 205 g/mol. The molecule has 15 heavy (non-hydrogen) atoms. The standard InChI is InChI=1S/C12H19N3/c1-10(2)15-7-4-11(9-15)8-12-13-5-3-6-14-12/h3,5-6,10-11H,4,7-9H2,1-2H3. The number of rotatable bonds is 3. The molecule has 0 bridgehead atoms. The Bertz CT molecular complexity index is 297. The molecule has 1 aliphatic heterocycles. The minimum atomic E-state index is 0.673. The van der Waals surface area contributed by atoms with Crippen molar-refractivity contribution >= 4 is 0 Å². The van der Waals surface area contributed by atoms with Gasteiger partial charge in [-0.15, -0.1) is 0 Å². The van der Waals surface area contributed by atoms with Gasteiger partial charge in [0.2, 0.25) is 0 Å². The smallest absolute Gasteiger partial charge is 0.128 e. The molecule has 3 heteroatoms. The van der Waals surface area contributed by atoms with Crippen LogP contribution in [0, 0.1) is 5.92 Å². The lowest BCUT2D eigenvalue weighted by molar-refractivity contribution is 0.264. The van der Waals surface area contributed by atoms with Crippen molar-refractivity contribution < 1.29 is 0 Å². The van der Waals surface area contributed by atoms with Crippen LogP contribution in [-0.4, -0.2) is 34.0 Å². The zero-order valence-corrected chi connectivity index (χ0v) is 9.56. The van der Waals surface area contributed by atoms with E-state index >= 15 is 0 Å². The van der Waals surface area contributed by atoms with E-state index in [1.54, 1.807) is 0 Å². The molecular weight excluding hydrogens is 186 g/mol.